The van der Waals surface area contributed by atoms with Crippen molar-refractivity contribution in [1.82, 2.24) is 5.09 Å². The normalized spacial score (nSPS) is 13.6. The van der Waals surface area contributed by atoms with Crippen LogP contribution in [0, 0.1) is 0 Å². The summed E-state index contributed by atoms with van der Waals surface area (Å²) in [6, 6.07) is 6.72. The molecule has 0 aliphatic heterocycles. The van der Waals surface area contributed by atoms with Crippen LogP contribution in [0.15, 0.2) is 24.3 Å². The van der Waals surface area contributed by atoms with Crippen molar-refractivity contribution in [2.45, 2.75) is 13.8 Å². The number of benzene rings is 1. The Morgan fingerprint density at radius 2 is 2.10 bits per heavy atom. The van der Waals surface area contributed by atoms with E-state index in [0.717, 1.165) is 0 Å². The molecule has 6 nitrogen and oxygen atoms in total. The lowest BCUT2D eigenvalue weighted by Crippen LogP contribution is -2.26. The van der Waals surface area contributed by atoms with Gasteiger partial charge in [0, 0.05) is 10.7 Å². The van der Waals surface area contributed by atoms with E-state index in [1.165, 1.54) is 0 Å². The summed E-state index contributed by atoms with van der Waals surface area (Å²) in [4.78, 5) is 11.3. The first kappa shape index (κ1) is 17.0. The molecule has 20 heavy (non-hydrogen) atoms. The maximum Gasteiger partial charge on any atom is 0.366 e. The third-order valence-corrected chi connectivity index (χ3v) is 4.13. The van der Waals surface area contributed by atoms with Crippen molar-refractivity contribution < 1.29 is 18.6 Å². The van der Waals surface area contributed by atoms with Crippen LogP contribution < -0.4 is 10.2 Å². The predicted octanol–water partition coefficient (Wildman–Crippen LogP) is 3.05. The minimum absolute atomic E-state index is 0.210. The van der Waals surface area contributed by atoms with Crippen molar-refractivity contribution in [3.8, 4) is 0 Å². The van der Waals surface area contributed by atoms with Crippen molar-refractivity contribution in [2.75, 3.05) is 24.8 Å². The van der Waals surface area contributed by atoms with E-state index in [2.05, 4.69) is 10.2 Å². The molecule has 2 N–H and O–H groups in total. The largest absolute Gasteiger partial charge is 0.465 e. The lowest BCUT2D eigenvalue weighted by Gasteiger charge is -2.20. The second-order valence-electron chi connectivity index (χ2n) is 3.73. The van der Waals surface area contributed by atoms with Gasteiger partial charge in [-0.2, -0.15) is 0 Å². The van der Waals surface area contributed by atoms with Crippen molar-refractivity contribution in [1.29, 1.82) is 0 Å². The zero-order chi connectivity index (χ0) is 15.0. The lowest BCUT2D eigenvalue weighted by molar-refractivity contribution is -0.141. The fraction of sp³-hybridized carbons (Fsp3) is 0.417. The molecule has 0 aliphatic rings. The van der Waals surface area contributed by atoms with Crippen LogP contribution >= 0.6 is 19.3 Å². The van der Waals surface area contributed by atoms with Gasteiger partial charge in [-0.25, -0.2) is 9.65 Å². The number of halogens is 1. The number of carbonyl (C=O) groups excluding carboxylic acids is 1. The van der Waals surface area contributed by atoms with Gasteiger partial charge in [-0.05, 0) is 32.0 Å². The fourth-order valence-corrected chi connectivity index (χ4v) is 3.01. The smallest absolute Gasteiger partial charge is 0.366 e. The Morgan fingerprint density at radius 3 is 2.70 bits per heavy atom. The van der Waals surface area contributed by atoms with Gasteiger partial charge in [0.05, 0.1) is 13.2 Å². The van der Waals surface area contributed by atoms with Crippen LogP contribution in [0.1, 0.15) is 13.8 Å². The van der Waals surface area contributed by atoms with E-state index in [-0.39, 0.29) is 19.8 Å². The van der Waals surface area contributed by atoms with E-state index >= 15 is 0 Å². The average molecular weight is 321 g/mol. The Morgan fingerprint density at radius 1 is 1.35 bits per heavy atom. The molecule has 0 amide bonds. The lowest BCUT2D eigenvalue weighted by atomic mass is 10.3. The Hall–Kier alpha value is -1.07. The Balaban J connectivity index is 2.71. The summed E-state index contributed by atoms with van der Waals surface area (Å²) in [6.45, 7) is 3.68. The first-order chi connectivity index (χ1) is 9.49. The van der Waals surface area contributed by atoms with E-state index in [4.69, 9.17) is 20.9 Å². The molecule has 112 valence electrons. The topological polar surface area (TPSA) is 76.7 Å². The van der Waals surface area contributed by atoms with Crippen LogP contribution in [0.2, 0.25) is 5.02 Å². The first-order valence-electron chi connectivity index (χ1n) is 6.18. The van der Waals surface area contributed by atoms with Gasteiger partial charge >= 0.3 is 13.6 Å². The highest BCUT2D eigenvalue weighted by Gasteiger charge is 2.23. The quantitative estimate of drug-likeness (QED) is 0.566. The van der Waals surface area contributed by atoms with E-state index in [0.29, 0.717) is 10.7 Å². The summed E-state index contributed by atoms with van der Waals surface area (Å²) >= 11 is 5.85. The molecule has 0 bridgehead atoms. The van der Waals surface area contributed by atoms with Gasteiger partial charge < -0.3 is 14.3 Å². The maximum atomic E-state index is 12.5. The highest BCUT2D eigenvalue weighted by Crippen LogP contribution is 2.42. The summed E-state index contributed by atoms with van der Waals surface area (Å²) in [7, 11) is -3.40. The van der Waals surface area contributed by atoms with Gasteiger partial charge in [0.1, 0.15) is 6.54 Å². The molecule has 1 atom stereocenters. The van der Waals surface area contributed by atoms with Gasteiger partial charge in [0.25, 0.3) is 0 Å². The minimum Gasteiger partial charge on any atom is -0.465 e. The summed E-state index contributed by atoms with van der Waals surface area (Å²) in [6.07, 6.45) is 0. The fourth-order valence-electron chi connectivity index (χ4n) is 1.41. The number of rotatable bonds is 8. The van der Waals surface area contributed by atoms with Crippen molar-refractivity contribution in [3.05, 3.63) is 29.3 Å². The molecular weight excluding hydrogens is 303 g/mol. The van der Waals surface area contributed by atoms with Crippen LogP contribution in [0.3, 0.4) is 0 Å². The van der Waals surface area contributed by atoms with E-state index in [1.807, 2.05) is 0 Å². The number of ether oxygens (including phenoxy) is 1. The molecule has 1 unspecified atom stereocenters. The zero-order valence-electron chi connectivity index (χ0n) is 11.4. The van der Waals surface area contributed by atoms with Crippen molar-refractivity contribution in [3.63, 3.8) is 0 Å². The van der Waals surface area contributed by atoms with Crippen LogP contribution in [-0.2, 0) is 18.6 Å². The summed E-state index contributed by atoms with van der Waals surface area (Å²) in [5.41, 5.74) is 0.533. The molecule has 1 aromatic carbocycles. The number of esters is 1. The van der Waals surface area contributed by atoms with Crippen LogP contribution in [0.25, 0.3) is 0 Å². The van der Waals surface area contributed by atoms with Gasteiger partial charge in [-0.3, -0.25) is 4.79 Å². The molecule has 0 aliphatic carbocycles. The Labute approximate surface area is 123 Å². The number of nitrogens with one attached hydrogen (secondary N) is 2. The molecule has 0 aromatic heterocycles. The summed E-state index contributed by atoms with van der Waals surface area (Å²) in [5.74, 6) is -0.500. The molecule has 0 saturated heterocycles. The standard InChI is InChI=1S/C12H18ClN2O4P/c1-3-18-12(16)9-14-20(17,19-4-2)15-11-7-5-6-10(13)8-11/h5-8H,3-4,9H2,1-2H3,(H2,14,15,17). The third-order valence-electron chi connectivity index (χ3n) is 2.15. The minimum atomic E-state index is -3.40. The van der Waals surface area contributed by atoms with Crippen LogP contribution in [0.4, 0.5) is 5.69 Å². The van der Waals surface area contributed by atoms with E-state index in [1.54, 1.807) is 38.1 Å². The highest BCUT2D eigenvalue weighted by atomic mass is 35.5. The third kappa shape index (κ3) is 5.92. The summed E-state index contributed by atoms with van der Waals surface area (Å²) in [5, 5.41) is 5.78. The van der Waals surface area contributed by atoms with E-state index < -0.39 is 13.6 Å². The average Bonchev–Trinajstić information content (AvgIpc) is 2.37. The Bertz CT molecular complexity index is 498. The molecule has 0 saturated carbocycles. The van der Waals surface area contributed by atoms with Gasteiger partial charge in [0.2, 0.25) is 0 Å². The molecule has 0 spiro atoms. The number of hydrogen-bond donors (Lipinski definition) is 2. The molecule has 1 aromatic rings. The Kier molecular flexibility index (Phi) is 7.02. The van der Waals surface area contributed by atoms with Crippen LogP contribution in [-0.4, -0.2) is 25.7 Å². The molecule has 8 heteroatoms. The second-order valence-corrected chi connectivity index (χ2v) is 6.07. The first-order valence-corrected chi connectivity index (χ1v) is 8.18. The van der Waals surface area contributed by atoms with Gasteiger partial charge in [0.15, 0.2) is 0 Å². The molecule has 0 radical (unpaired) electrons. The zero-order valence-corrected chi connectivity index (χ0v) is 13.0. The number of carbonyl (C=O) groups is 1. The number of anilines is 1. The number of hydrogen-bond acceptors (Lipinski definition) is 4. The SMILES string of the molecule is CCOC(=O)CNP(=O)(Nc1cccc(Cl)c1)OCC. The van der Waals surface area contributed by atoms with Gasteiger partial charge in [-0.15, -0.1) is 0 Å². The molecular formula is C12H18ClN2O4P. The van der Waals surface area contributed by atoms with Gasteiger partial charge in [-0.1, -0.05) is 17.7 Å². The van der Waals surface area contributed by atoms with Crippen LogP contribution in [0.5, 0.6) is 0 Å². The van der Waals surface area contributed by atoms with E-state index in [9.17, 15) is 9.36 Å². The maximum absolute atomic E-state index is 12.5. The van der Waals surface area contributed by atoms with Crippen molar-refractivity contribution >= 4 is 30.9 Å². The second kappa shape index (κ2) is 8.27. The summed E-state index contributed by atoms with van der Waals surface area (Å²) < 4.78 is 22.4. The monoisotopic (exact) mass is 320 g/mol. The predicted molar refractivity (Wildman–Crippen MR) is 78.9 cm³/mol. The highest BCUT2D eigenvalue weighted by molar-refractivity contribution is 7.58. The molecule has 0 fully saturated rings. The van der Waals surface area contributed by atoms with Crippen molar-refractivity contribution in [2.24, 2.45) is 0 Å². The molecule has 0 heterocycles. The molecule has 1 rings (SSSR count).